The lowest BCUT2D eigenvalue weighted by Gasteiger charge is -2.60. The molecule has 0 bridgehead atoms. The number of phenols is 1. The van der Waals surface area contributed by atoms with Gasteiger partial charge in [0, 0.05) is 22.3 Å². The van der Waals surface area contributed by atoms with Gasteiger partial charge in [-0.05, 0) is 103 Å². The summed E-state index contributed by atoms with van der Waals surface area (Å²) >= 11 is 0. The van der Waals surface area contributed by atoms with E-state index in [0.29, 0.717) is 36.2 Å². The zero-order valence-electron chi connectivity index (χ0n) is 34.7. The van der Waals surface area contributed by atoms with Crippen LogP contribution < -0.4 is 0 Å². The quantitative estimate of drug-likeness (QED) is 0.186. The molecule has 0 aromatic heterocycles. The summed E-state index contributed by atoms with van der Waals surface area (Å²) in [7, 11) is 0. The first-order chi connectivity index (χ1) is 25.7. The molecule has 9 atom stereocenters. The number of phenolic OH excluding ortho intramolecular Hbond substituents is 1. The van der Waals surface area contributed by atoms with Crippen LogP contribution in [0.1, 0.15) is 128 Å². The topological polar surface area (TPSA) is 141 Å². The van der Waals surface area contributed by atoms with Crippen molar-refractivity contribution in [2.45, 2.75) is 138 Å². The van der Waals surface area contributed by atoms with Gasteiger partial charge in [-0.15, -0.1) is 0 Å². The van der Waals surface area contributed by atoms with Crippen LogP contribution in [0, 0.1) is 40.4 Å². The van der Waals surface area contributed by atoms with Gasteiger partial charge in [0.1, 0.15) is 22.8 Å². The fraction of sp³-hybridized carbons (Fsp3) is 0.596. The van der Waals surface area contributed by atoms with E-state index >= 15 is 0 Å². The second kappa shape index (κ2) is 14.3. The van der Waals surface area contributed by atoms with Gasteiger partial charge in [-0.2, -0.15) is 0 Å². The number of hydrogen-bond acceptors (Lipinski definition) is 8. The van der Waals surface area contributed by atoms with E-state index in [0.717, 1.165) is 36.5 Å². The first-order valence-electron chi connectivity index (χ1n) is 20.5. The van der Waals surface area contributed by atoms with Gasteiger partial charge in [-0.25, -0.2) is 0 Å². The van der Waals surface area contributed by atoms with Crippen molar-refractivity contribution in [1.29, 1.82) is 0 Å². The van der Waals surface area contributed by atoms with Crippen molar-refractivity contribution in [2.75, 3.05) is 0 Å². The van der Waals surface area contributed by atoms with Crippen molar-refractivity contribution in [2.24, 2.45) is 40.4 Å². The Kier molecular flexibility index (Phi) is 10.7. The number of allylic oxidation sites excluding steroid dienone is 1. The number of aliphatic hydroxyl groups excluding tert-OH is 2. The smallest absolute Gasteiger partial charge is 0.203 e. The molecule has 3 aliphatic carbocycles. The molecule has 4 aliphatic rings. The normalized spacial score (nSPS) is 33.6. The molecule has 2 aromatic rings. The summed E-state index contributed by atoms with van der Waals surface area (Å²) in [5.74, 6) is -3.64. The third kappa shape index (κ3) is 6.12. The van der Waals surface area contributed by atoms with Crippen LogP contribution in [0.3, 0.4) is 0 Å². The van der Waals surface area contributed by atoms with Crippen molar-refractivity contribution in [3.8, 4) is 5.75 Å². The second-order valence-corrected chi connectivity index (χ2v) is 18.6. The van der Waals surface area contributed by atoms with Gasteiger partial charge in [-0.3, -0.25) is 14.4 Å². The van der Waals surface area contributed by atoms with E-state index in [4.69, 9.17) is 4.74 Å². The van der Waals surface area contributed by atoms with Crippen molar-refractivity contribution in [3.63, 3.8) is 0 Å². The SMILES string of the molecule is CCC1OC(Cc2ccccc2CCc2cc(C(C)C)c3c(c2O)C(O)=C2C(=O)[C@@]4(O)C(O)=C(C(C)=O)C(=O)C(C(C)C)[C@@]4(C)C[C@@]2(C)C3)[C@@H](C)[C@@H](C)[C@H]1C. The van der Waals surface area contributed by atoms with E-state index in [1.54, 1.807) is 6.92 Å². The van der Waals surface area contributed by atoms with Gasteiger partial charge < -0.3 is 25.2 Å². The minimum Gasteiger partial charge on any atom is -0.508 e. The number of carbonyl (C=O) groups is 3. The van der Waals surface area contributed by atoms with Crippen LogP contribution in [0.4, 0.5) is 0 Å². The number of hydrogen-bond donors (Lipinski definition) is 4. The molecule has 55 heavy (non-hydrogen) atoms. The van der Waals surface area contributed by atoms with E-state index in [1.807, 2.05) is 32.9 Å². The highest BCUT2D eigenvalue weighted by molar-refractivity contribution is 6.24. The van der Waals surface area contributed by atoms with Crippen LogP contribution in [0.5, 0.6) is 5.75 Å². The Labute approximate surface area is 327 Å². The number of carbonyl (C=O) groups excluding carboxylic acids is 3. The third-order valence-electron chi connectivity index (χ3n) is 14.5. The molecule has 0 radical (unpaired) electrons. The Hall–Kier alpha value is -3.75. The van der Waals surface area contributed by atoms with E-state index in [2.05, 4.69) is 59.7 Å². The van der Waals surface area contributed by atoms with Gasteiger partial charge in [-0.1, -0.05) is 99.6 Å². The number of rotatable bonds is 9. The molecule has 8 heteroatoms. The van der Waals surface area contributed by atoms with E-state index in [1.165, 1.54) is 5.56 Å². The van der Waals surface area contributed by atoms with Gasteiger partial charge in [0.25, 0.3) is 0 Å². The number of Topliss-reactive ketones (excluding diaryl/α,β-unsaturated/α-hetero) is 3. The Morgan fingerprint density at radius 2 is 1.51 bits per heavy atom. The molecule has 0 spiro atoms. The lowest BCUT2D eigenvalue weighted by molar-refractivity contribution is -0.178. The summed E-state index contributed by atoms with van der Waals surface area (Å²) in [4.78, 5) is 41.5. The molecule has 2 fully saturated rings. The molecule has 2 aromatic carbocycles. The molecular formula is C47H62O8. The van der Waals surface area contributed by atoms with Crippen LogP contribution >= 0.6 is 0 Å². The van der Waals surface area contributed by atoms with Crippen molar-refractivity contribution >= 4 is 23.1 Å². The first kappa shape index (κ1) is 40.9. The van der Waals surface area contributed by atoms with Gasteiger partial charge >= 0.3 is 0 Å². The fourth-order valence-corrected chi connectivity index (χ4v) is 11.4. The highest BCUT2D eigenvalue weighted by Gasteiger charge is 2.72. The monoisotopic (exact) mass is 754 g/mol. The summed E-state index contributed by atoms with van der Waals surface area (Å²) in [5.41, 5.74) is -1.00. The number of aryl methyl sites for hydroxylation is 2. The summed E-state index contributed by atoms with van der Waals surface area (Å²) in [6.45, 7) is 21.5. The van der Waals surface area contributed by atoms with E-state index in [9.17, 15) is 34.8 Å². The first-order valence-corrected chi connectivity index (χ1v) is 20.5. The molecule has 4 N–H and O–H groups in total. The van der Waals surface area contributed by atoms with Crippen molar-refractivity contribution in [1.82, 2.24) is 0 Å². The molecule has 0 amide bonds. The Balaban J connectivity index is 1.42. The molecule has 1 saturated heterocycles. The largest absolute Gasteiger partial charge is 0.508 e. The number of benzene rings is 2. The van der Waals surface area contributed by atoms with Gasteiger partial charge in [0.2, 0.25) is 5.78 Å². The number of ether oxygens (including phenoxy) is 1. The van der Waals surface area contributed by atoms with Crippen LogP contribution in [0.2, 0.25) is 0 Å². The molecule has 1 aliphatic heterocycles. The highest BCUT2D eigenvalue weighted by atomic mass is 16.5. The molecule has 6 rings (SSSR count). The Bertz CT molecular complexity index is 1980. The number of aliphatic hydroxyl groups is 3. The van der Waals surface area contributed by atoms with Crippen LogP contribution in [0.25, 0.3) is 5.76 Å². The summed E-state index contributed by atoms with van der Waals surface area (Å²) in [5, 5.41) is 48.3. The van der Waals surface area contributed by atoms with Crippen LogP contribution in [0.15, 0.2) is 47.2 Å². The van der Waals surface area contributed by atoms with E-state index < -0.39 is 56.8 Å². The maximum absolute atomic E-state index is 14.9. The maximum Gasteiger partial charge on any atom is 0.203 e. The molecule has 298 valence electrons. The molecule has 1 heterocycles. The highest BCUT2D eigenvalue weighted by Crippen LogP contribution is 2.65. The minimum atomic E-state index is -2.64. The minimum absolute atomic E-state index is 0.00996. The van der Waals surface area contributed by atoms with E-state index in [-0.39, 0.29) is 53.8 Å². The average molecular weight is 755 g/mol. The number of aromatic hydroxyl groups is 1. The zero-order valence-corrected chi connectivity index (χ0v) is 34.7. The third-order valence-corrected chi connectivity index (χ3v) is 14.5. The average Bonchev–Trinajstić information content (AvgIpc) is 3.09. The van der Waals surface area contributed by atoms with Crippen LogP contribution in [-0.4, -0.2) is 55.6 Å². The predicted octanol–water partition coefficient (Wildman–Crippen LogP) is 8.73. The Morgan fingerprint density at radius 1 is 0.909 bits per heavy atom. The van der Waals surface area contributed by atoms with Gasteiger partial charge in [0.15, 0.2) is 17.2 Å². The standard InChI is InChI=1S/C47H62O8/c1-12-34-26(7)25(6)27(8)35(55-34)20-30-16-14-13-15-29(30)17-18-31-19-32(23(2)3)33-21-45(10)22-46(11)38(24(4)5)41(50)36(28(9)48)43(52)47(46,54)44(53)39(45)42(51)37(33)40(31)49/h13-16,19,23-27,34-35,38,49,51-52,54H,12,17-18,20-22H2,1-11H3/t25-,26+,27-,34?,35?,38?,45+,46+,47-/m0/s1. The van der Waals surface area contributed by atoms with Crippen LogP contribution in [-0.2, 0) is 44.8 Å². The lowest BCUT2D eigenvalue weighted by Crippen LogP contribution is -2.69. The number of fused-ring (bicyclic) bond motifs is 3. The van der Waals surface area contributed by atoms with Crippen molar-refractivity contribution < 1.29 is 39.5 Å². The summed E-state index contributed by atoms with van der Waals surface area (Å²) in [6, 6.07) is 10.4. The summed E-state index contributed by atoms with van der Waals surface area (Å²) in [6.07, 6.45) is 3.55. The van der Waals surface area contributed by atoms with Gasteiger partial charge in [0.05, 0.1) is 17.8 Å². The molecular weight excluding hydrogens is 693 g/mol. The zero-order chi connectivity index (χ0) is 40.7. The fourth-order valence-electron chi connectivity index (χ4n) is 11.4. The number of ketones is 3. The lowest BCUT2D eigenvalue weighted by atomic mass is 9.43. The molecule has 1 saturated carbocycles. The predicted molar refractivity (Wildman–Crippen MR) is 214 cm³/mol. The second-order valence-electron chi connectivity index (χ2n) is 18.6. The Morgan fingerprint density at radius 3 is 2.09 bits per heavy atom. The molecule has 8 nitrogen and oxygen atoms in total. The molecule has 3 unspecified atom stereocenters. The van der Waals surface area contributed by atoms with Crippen molar-refractivity contribution in [3.05, 3.63) is 80.6 Å². The maximum atomic E-state index is 14.9. The summed E-state index contributed by atoms with van der Waals surface area (Å²) < 4.78 is 6.67.